The molecule has 17 heavy (non-hydrogen) atoms. The molecule has 1 rings (SSSR count). The van der Waals surface area contributed by atoms with Crippen LogP contribution < -0.4 is 4.72 Å². The van der Waals surface area contributed by atoms with Crippen LogP contribution in [-0.2, 0) is 10.0 Å². The maximum Gasteiger partial charge on any atom is 0.243 e. The van der Waals surface area contributed by atoms with Crippen LogP contribution in [0.4, 0.5) is 4.39 Å². The first kappa shape index (κ1) is 14.4. The highest BCUT2D eigenvalue weighted by Gasteiger charge is 2.17. The molecule has 0 radical (unpaired) electrons. The zero-order chi connectivity index (χ0) is 12.9. The maximum atomic E-state index is 13.3. The van der Waals surface area contributed by atoms with Crippen molar-refractivity contribution in [2.45, 2.75) is 30.0 Å². The number of alkyl halides is 1. The van der Waals surface area contributed by atoms with E-state index in [2.05, 4.69) is 4.72 Å². The summed E-state index contributed by atoms with van der Waals surface area (Å²) < 4.78 is 39.1. The predicted molar refractivity (Wildman–Crippen MR) is 66.1 cm³/mol. The van der Waals surface area contributed by atoms with Crippen LogP contribution >= 0.6 is 11.6 Å². The molecule has 0 saturated heterocycles. The van der Waals surface area contributed by atoms with Crippen LogP contribution in [0.15, 0.2) is 29.2 Å². The first-order valence-corrected chi connectivity index (χ1v) is 7.23. The van der Waals surface area contributed by atoms with Gasteiger partial charge >= 0.3 is 0 Å². The zero-order valence-electron chi connectivity index (χ0n) is 9.49. The van der Waals surface area contributed by atoms with E-state index in [-0.39, 0.29) is 16.8 Å². The van der Waals surface area contributed by atoms with Gasteiger partial charge in [-0.2, -0.15) is 0 Å². The highest BCUT2D eigenvalue weighted by Crippen LogP contribution is 2.13. The molecular formula is C11H15ClFNO2S. The van der Waals surface area contributed by atoms with E-state index in [1.54, 1.807) is 0 Å². The summed E-state index contributed by atoms with van der Waals surface area (Å²) in [5, 5.41) is 0.00738. The third-order valence-electron chi connectivity index (χ3n) is 2.20. The van der Waals surface area contributed by atoms with Crippen molar-refractivity contribution in [1.29, 1.82) is 0 Å². The molecule has 0 amide bonds. The van der Waals surface area contributed by atoms with Crippen LogP contribution in [-0.4, -0.2) is 20.3 Å². The van der Waals surface area contributed by atoms with Crippen LogP contribution in [0.1, 0.15) is 19.8 Å². The fraction of sp³-hybridized carbons (Fsp3) is 0.455. The van der Waals surface area contributed by atoms with E-state index in [9.17, 15) is 12.8 Å². The highest BCUT2D eigenvalue weighted by atomic mass is 35.5. The minimum absolute atomic E-state index is 0.00738. The monoisotopic (exact) mass is 279 g/mol. The second-order valence-corrected chi connectivity index (χ2v) is 6.23. The lowest BCUT2D eigenvalue weighted by molar-refractivity contribution is 0.554. The van der Waals surface area contributed by atoms with Crippen molar-refractivity contribution in [3.63, 3.8) is 0 Å². The molecule has 0 heterocycles. The van der Waals surface area contributed by atoms with Crippen LogP contribution in [0.25, 0.3) is 0 Å². The summed E-state index contributed by atoms with van der Waals surface area (Å²) in [6.45, 7) is 2.10. The summed E-state index contributed by atoms with van der Waals surface area (Å²) in [7, 11) is -3.76. The molecule has 0 aliphatic heterocycles. The van der Waals surface area contributed by atoms with E-state index in [0.29, 0.717) is 12.8 Å². The van der Waals surface area contributed by atoms with Gasteiger partial charge in [0, 0.05) is 11.9 Å². The molecule has 0 spiro atoms. The Kier molecular flexibility index (Phi) is 5.36. The van der Waals surface area contributed by atoms with Gasteiger partial charge in [0.05, 0.1) is 0 Å². The molecule has 0 aliphatic carbocycles. The number of rotatable bonds is 6. The van der Waals surface area contributed by atoms with Gasteiger partial charge in [0.2, 0.25) is 10.0 Å². The molecular weight excluding hydrogens is 265 g/mol. The number of halogens is 2. The normalized spacial score (nSPS) is 13.6. The lowest BCUT2D eigenvalue weighted by Gasteiger charge is -2.07. The van der Waals surface area contributed by atoms with Crippen molar-refractivity contribution in [3.05, 3.63) is 30.1 Å². The van der Waals surface area contributed by atoms with Crippen LogP contribution in [0.2, 0.25) is 0 Å². The standard InChI is InChI=1S/C11H15ClFNO2S/c1-9(12)5-4-8-14-17(15,16)11-7-3-2-6-10(11)13/h2-3,6-7,9,14H,4-5,8H2,1H3. The maximum absolute atomic E-state index is 13.3. The third-order valence-corrected chi connectivity index (χ3v) is 3.91. The Morgan fingerprint density at radius 2 is 2.06 bits per heavy atom. The SMILES string of the molecule is CC(Cl)CCCNS(=O)(=O)c1ccccc1F. The van der Waals surface area contributed by atoms with E-state index < -0.39 is 15.8 Å². The number of hydrogen-bond acceptors (Lipinski definition) is 2. The predicted octanol–water partition coefficient (Wildman–Crippen LogP) is 2.51. The van der Waals surface area contributed by atoms with Gasteiger partial charge in [-0.05, 0) is 31.9 Å². The molecule has 1 N–H and O–H groups in total. The molecule has 0 saturated carbocycles. The quantitative estimate of drug-likeness (QED) is 0.642. The van der Waals surface area contributed by atoms with Crippen molar-refractivity contribution in [3.8, 4) is 0 Å². The Morgan fingerprint density at radius 1 is 1.41 bits per heavy atom. The Balaban J connectivity index is 2.61. The van der Waals surface area contributed by atoms with Gasteiger partial charge < -0.3 is 0 Å². The molecule has 1 atom stereocenters. The number of hydrogen-bond donors (Lipinski definition) is 1. The van der Waals surface area contributed by atoms with Crippen molar-refractivity contribution in [2.24, 2.45) is 0 Å². The van der Waals surface area contributed by atoms with Gasteiger partial charge in [0.25, 0.3) is 0 Å². The average Bonchev–Trinajstić information content (AvgIpc) is 2.24. The Labute approximate surface area is 106 Å². The third kappa shape index (κ3) is 4.61. The molecule has 1 aromatic carbocycles. The lowest BCUT2D eigenvalue weighted by Crippen LogP contribution is -2.26. The summed E-state index contributed by atoms with van der Waals surface area (Å²) in [6, 6.07) is 5.29. The molecule has 0 aromatic heterocycles. The Bertz CT molecular complexity index is 462. The summed E-state index contributed by atoms with van der Waals surface area (Å²) in [6.07, 6.45) is 1.33. The topological polar surface area (TPSA) is 46.2 Å². The Hall–Kier alpha value is -0.650. The van der Waals surface area contributed by atoms with E-state index in [4.69, 9.17) is 11.6 Å². The fourth-order valence-electron chi connectivity index (χ4n) is 1.33. The smallest absolute Gasteiger partial charge is 0.211 e. The van der Waals surface area contributed by atoms with Crippen LogP contribution in [0, 0.1) is 5.82 Å². The van der Waals surface area contributed by atoms with Crippen LogP contribution in [0.5, 0.6) is 0 Å². The largest absolute Gasteiger partial charge is 0.243 e. The van der Waals surface area contributed by atoms with Gasteiger partial charge in [-0.15, -0.1) is 11.6 Å². The zero-order valence-corrected chi connectivity index (χ0v) is 11.1. The summed E-state index contributed by atoms with van der Waals surface area (Å²) in [5.41, 5.74) is 0. The first-order valence-electron chi connectivity index (χ1n) is 5.32. The minimum atomic E-state index is -3.76. The van der Waals surface area contributed by atoms with Crippen LogP contribution in [0.3, 0.4) is 0 Å². The first-order chi connectivity index (χ1) is 7.93. The molecule has 96 valence electrons. The van der Waals surface area contributed by atoms with Gasteiger partial charge in [0.1, 0.15) is 10.7 Å². The fourth-order valence-corrected chi connectivity index (χ4v) is 2.64. The van der Waals surface area contributed by atoms with Gasteiger partial charge in [0.15, 0.2) is 0 Å². The van der Waals surface area contributed by atoms with E-state index in [0.717, 1.165) is 6.07 Å². The average molecular weight is 280 g/mol. The van der Waals surface area contributed by atoms with Crippen molar-refractivity contribution >= 4 is 21.6 Å². The van der Waals surface area contributed by atoms with Crippen molar-refractivity contribution in [1.82, 2.24) is 4.72 Å². The number of sulfonamides is 1. The second kappa shape index (κ2) is 6.33. The molecule has 0 bridgehead atoms. The second-order valence-electron chi connectivity index (χ2n) is 3.75. The molecule has 6 heteroatoms. The molecule has 3 nitrogen and oxygen atoms in total. The number of nitrogens with one attached hydrogen (secondary N) is 1. The van der Waals surface area contributed by atoms with Gasteiger partial charge in [-0.3, -0.25) is 0 Å². The summed E-state index contributed by atoms with van der Waals surface area (Å²) >= 11 is 5.73. The van der Waals surface area contributed by atoms with E-state index in [1.165, 1.54) is 18.2 Å². The Morgan fingerprint density at radius 3 is 2.65 bits per heavy atom. The molecule has 0 aliphatic rings. The molecule has 1 unspecified atom stereocenters. The van der Waals surface area contributed by atoms with Crippen molar-refractivity contribution in [2.75, 3.05) is 6.54 Å². The lowest BCUT2D eigenvalue weighted by atomic mass is 10.2. The number of benzene rings is 1. The summed E-state index contributed by atoms with van der Waals surface area (Å²) in [4.78, 5) is -0.320. The van der Waals surface area contributed by atoms with Gasteiger partial charge in [-0.1, -0.05) is 12.1 Å². The van der Waals surface area contributed by atoms with Crippen molar-refractivity contribution < 1.29 is 12.8 Å². The summed E-state index contributed by atoms with van der Waals surface area (Å²) in [5.74, 6) is -0.745. The van der Waals surface area contributed by atoms with E-state index >= 15 is 0 Å². The van der Waals surface area contributed by atoms with E-state index in [1.807, 2.05) is 6.92 Å². The molecule has 1 aromatic rings. The van der Waals surface area contributed by atoms with Gasteiger partial charge in [-0.25, -0.2) is 17.5 Å². The highest BCUT2D eigenvalue weighted by molar-refractivity contribution is 7.89. The minimum Gasteiger partial charge on any atom is -0.211 e. The molecule has 0 fully saturated rings.